The quantitative estimate of drug-likeness (QED) is 0.408. The SMILES string of the molecule is C=CC[C@](C)(C(C)=O)C(=O)OC(C)(C)C. The molecule has 0 rings (SSSR count). The van der Waals surface area contributed by atoms with Gasteiger partial charge in [0.05, 0.1) is 0 Å². The van der Waals surface area contributed by atoms with Gasteiger partial charge in [-0.3, -0.25) is 9.59 Å². The summed E-state index contributed by atoms with van der Waals surface area (Å²) in [5.74, 6) is -0.681. The second-order valence-electron chi connectivity index (χ2n) is 4.88. The minimum atomic E-state index is -1.10. The Morgan fingerprint density at radius 1 is 1.27 bits per heavy atom. The van der Waals surface area contributed by atoms with Crippen molar-refractivity contribution in [3.63, 3.8) is 0 Å². The van der Waals surface area contributed by atoms with Crippen LogP contribution in [0, 0.1) is 5.41 Å². The average molecular weight is 212 g/mol. The predicted molar refractivity (Wildman–Crippen MR) is 59.4 cm³/mol. The highest BCUT2D eigenvalue weighted by atomic mass is 16.6. The number of Topliss-reactive ketones (excluding diaryl/α,β-unsaturated/α-hetero) is 1. The topological polar surface area (TPSA) is 43.4 Å². The van der Waals surface area contributed by atoms with Crippen LogP contribution in [-0.4, -0.2) is 17.4 Å². The predicted octanol–water partition coefficient (Wildman–Crippen LogP) is 2.50. The van der Waals surface area contributed by atoms with Crippen molar-refractivity contribution >= 4 is 11.8 Å². The zero-order valence-electron chi connectivity index (χ0n) is 10.2. The molecule has 0 aliphatic rings. The number of rotatable bonds is 4. The van der Waals surface area contributed by atoms with E-state index in [0.29, 0.717) is 6.42 Å². The third kappa shape index (κ3) is 3.86. The van der Waals surface area contributed by atoms with E-state index in [2.05, 4.69) is 6.58 Å². The highest BCUT2D eigenvalue weighted by Crippen LogP contribution is 2.27. The molecule has 0 aliphatic carbocycles. The summed E-state index contributed by atoms with van der Waals surface area (Å²) in [7, 11) is 0. The number of carbonyl (C=O) groups excluding carboxylic acids is 2. The molecule has 3 nitrogen and oxygen atoms in total. The zero-order valence-corrected chi connectivity index (χ0v) is 10.2. The van der Waals surface area contributed by atoms with E-state index >= 15 is 0 Å². The molecule has 3 heteroatoms. The second-order valence-corrected chi connectivity index (χ2v) is 4.88. The van der Waals surface area contributed by atoms with E-state index in [9.17, 15) is 9.59 Å². The first-order valence-electron chi connectivity index (χ1n) is 4.99. The van der Waals surface area contributed by atoms with Gasteiger partial charge < -0.3 is 4.74 Å². The first kappa shape index (κ1) is 13.9. The van der Waals surface area contributed by atoms with Crippen LogP contribution in [0.3, 0.4) is 0 Å². The normalized spacial score (nSPS) is 15.3. The van der Waals surface area contributed by atoms with Crippen LogP contribution in [0.1, 0.15) is 41.0 Å². The molecule has 0 radical (unpaired) electrons. The number of allylic oxidation sites excluding steroid dienone is 1. The Morgan fingerprint density at radius 3 is 2.00 bits per heavy atom. The molecule has 0 spiro atoms. The standard InChI is InChI=1S/C12H20O3/c1-7-8-12(6,9(2)13)10(14)15-11(3,4)5/h7H,1,8H2,2-6H3/t12-/m1/s1. The van der Waals surface area contributed by atoms with E-state index in [1.807, 2.05) is 0 Å². The minimum Gasteiger partial charge on any atom is -0.459 e. The third-order valence-electron chi connectivity index (χ3n) is 2.18. The van der Waals surface area contributed by atoms with Crippen molar-refractivity contribution in [3.8, 4) is 0 Å². The molecule has 0 aromatic carbocycles. The Kier molecular flexibility index (Phi) is 4.26. The molecule has 0 saturated heterocycles. The van der Waals surface area contributed by atoms with Crippen LogP contribution in [0.15, 0.2) is 12.7 Å². The maximum absolute atomic E-state index is 11.8. The molecule has 0 amide bonds. The lowest BCUT2D eigenvalue weighted by Gasteiger charge is -2.28. The van der Waals surface area contributed by atoms with Crippen LogP contribution in [0.2, 0.25) is 0 Å². The Morgan fingerprint density at radius 2 is 1.73 bits per heavy atom. The summed E-state index contributed by atoms with van der Waals surface area (Å²) in [6, 6.07) is 0. The fourth-order valence-electron chi connectivity index (χ4n) is 1.05. The molecule has 0 aromatic rings. The summed E-state index contributed by atoms with van der Waals surface area (Å²) in [5.41, 5.74) is -1.68. The van der Waals surface area contributed by atoms with E-state index in [1.165, 1.54) is 6.92 Å². The fourth-order valence-corrected chi connectivity index (χ4v) is 1.05. The maximum atomic E-state index is 11.8. The Hall–Kier alpha value is -1.12. The van der Waals surface area contributed by atoms with E-state index < -0.39 is 17.0 Å². The highest BCUT2D eigenvalue weighted by Gasteiger charge is 2.40. The van der Waals surface area contributed by atoms with Gasteiger partial charge in [-0.1, -0.05) is 6.08 Å². The van der Waals surface area contributed by atoms with Crippen molar-refractivity contribution in [1.29, 1.82) is 0 Å². The third-order valence-corrected chi connectivity index (χ3v) is 2.18. The van der Waals surface area contributed by atoms with Gasteiger partial charge >= 0.3 is 5.97 Å². The number of ether oxygens (including phenoxy) is 1. The van der Waals surface area contributed by atoms with Crippen molar-refractivity contribution in [2.45, 2.75) is 46.6 Å². The van der Waals surface area contributed by atoms with Crippen molar-refractivity contribution in [2.75, 3.05) is 0 Å². The molecule has 0 fully saturated rings. The lowest BCUT2D eigenvalue weighted by molar-refractivity contribution is -0.168. The van der Waals surface area contributed by atoms with Gasteiger partial charge in [-0.25, -0.2) is 0 Å². The summed E-state index contributed by atoms with van der Waals surface area (Å²) < 4.78 is 5.21. The Balaban J connectivity index is 4.87. The number of ketones is 1. The van der Waals surface area contributed by atoms with Gasteiger partial charge in [-0.15, -0.1) is 6.58 Å². The van der Waals surface area contributed by atoms with Crippen LogP contribution < -0.4 is 0 Å². The molecule has 0 bridgehead atoms. The average Bonchev–Trinajstić information content (AvgIpc) is 2.00. The summed E-state index contributed by atoms with van der Waals surface area (Å²) in [5, 5.41) is 0. The van der Waals surface area contributed by atoms with E-state index in [4.69, 9.17) is 4.74 Å². The van der Waals surface area contributed by atoms with E-state index in [-0.39, 0.29) is 5.78 Å². The van der Waals surface area contributed by atoms with Crippen LogP contribution in [0.4, 0.5) is 0 Å². The number of carbonyl (C=O) groups is 2. The molecule has 0 N–H and O–H groups in total. The molecule has 15 heavy (non-hydrogen) atoms. The fraction of sp³-hybridized carbons (Fsp3) is 0.667. The van der Waals surface area contributed by atoms with Gasteiger partial charge in [0.2, 0.25) is 0 Å². The molecule has 0 aliphatic heterocycles. The van der Waals surface area contributed by atoms with Crippen LogP contribution in [-0.2, 0) is 14.3 Å². The van der Waals surface area contributed by atoms with Gasteiger partial charge in [-0.2, -0.15) is 0 Å². The van der Waals surface area contributed by atoms with Crippen LogP contribution in [0.5, 0.6) is 0 Å². The van der Waals surface area contributed by atoms with Crippen molar-refractivity contribution in [2.24, 2.45) is 5.41 Å². The zero-order chi connectivity index (χ0) is 12.3. The Bertz CT molecular complexity index is 273. The van der Waals surface area contributed by atoms with Crippen LogP contribution in [0.25, 0.3) is 0 Å². The summed E-state index contributed by atoms with van der Waals surface area (Å²) in [6.45, 7) is 11.9. The van der Waals surface area contributed by atoms with Gasteiger partial charge in [0, 0.05) is 0 Å². The molecule has 0 heterocycles. The monoisotopic (exact) mass is 212 g/mol. The lowest BCUT2D eigenvalue weighted by Crippen LogP contribution is -2.40. The van der Waals surface area contributed by atoms with Crippen molar-refractivity contribution in [3.05, 3.63) is 12.7 Å². The summed E-state index contributed by atoms with van der Waals surface area (Å²) >= 11 is 0. The first-order valence-corrected chi connectivity index (χ1v) is 4.99. The van der Waals surface area contributed by atoms with Gasteiger partial charge in [0.25, 0.3) is 0 Å². The van der Waals surface area contributed by atoms with E-state index in [0.717, 1.165) is 0 Å². The molecule has 1 atom stereocenters. The molecule has 0 unspecified atom stereocenters. The smallest absolute Gasteiger partial charge is 0.320 e. The van der Waals surface area contributed by atoms with Crippen molar-refractivity contribution < 1.29 is 14.3 Å². The Labute approximate surface area is 91.5 Å². The molecule has 0 saturated carbocycles. The van der Waals surface area contributed by atoms with Gasteiger partial charge in [0.15, 0.2) is 0 Å². The first-order chi connectivity index (χ1) is 6.63. The minimum absolute atomic E-state index is 0.198. The summed E-state index contributed by atoms with van der Waals surface area (Å²) in [4.78, 5) is 23.3. The number of esters is 1. The highest BCUT2D eigenvalue weighted by molar-refractivity contribution is 6.02. The second kappa shape index (κ2) is 4.60. The molecular weight excluding hydrogens is 192 g/mol. The lowest BCUT2D eigenvalue weighted by atomic mass is 9.83. The van der Waals surface area contributed by atoms with Crippen molar-refractivity contribution in [1.82, 2.24) is 0 Å². The van der Waals surface area contributed by atoms with Crippen LogP contribution >= 0.6 is 0 Å². The molecule has 0 aromatic heterocycles. The number of hydrogen-bond donors (Lipinski definition) is 0. The van der Waals surface area contributed by atoms with Gasteiger partial charge in [-0.05, 0) is 41.0 Å². The van der Waals surface area contributed by atoms with Gasteiger partial charge in [0.1, 0.15) is 16.8 Å². The molecular formula is C12H20O3. The molecule has 86 valence electrons. The van der Waals surface area contributed by atoms with E-state index in [1.54, 1.807) is 33.8 Å². The number of hydrogen-bond acceptors (Lipinski definition) is 3. The summed E-state index contributed by atoms with van der Waals surface area (Å²) in [6.07, 6.45) is 1.86. The maximum Gasteiger partial charge on any atom is 0.320 e. The largest absolute Gasteiger partial charge is 0.459 e.